The van der Waals surface area contributed by atoms with Crippen LogP contribution in [0.1, 0.15) is 202 Å². The van der Waals surface area contributed by atoms with E-state index in [1.165, 1.54) is 89.0 Å². The van der Waals surface area contributed by atoms with Crippen molar-refractivity contribution in [3.8, 4) is 0 Å². The summed E-state index contributed by atoms with van der Waals surface area (Å²) in [7, 11) is 0.571. The van der Waals surface area contributed by atoms with Gasteiger partial charge in [-0.1, -0.05) is 136 Å². The number of Topliss-reactive ketones (excluding diaryl/α,β-unsaturated/α-hetero) is 1. The van der Waals surface area contributed by atoms with E-state index in [0.717, 1.165) is 68.6 Å². The highest BCUT2D eigenvalue weighted by atomic mass is 31.2. The van der Waals surface area contributed by atoms with Crippen LogP contribution in [0.4, 0.5) is 0 Å². The lowest BCUT2D eigenvalue weighted by molar-refractivity contribution is -0.870. The van der Waals surface area contributed by atoms with Gasteiger partial charge in [0, 0.05) is 6.42 Å². The van der Waals surface area contributed by atoms with Gasteiger partial charge in [0.25, 0.3) is 5.60 Å². The summed E-state index contributed by atoms with van der Waals surface area (Å²) in [6, 6.07) is 0. The number of fused-ring (bicyclic) bond motifs is 5. The van der Waals surface area contributed by atoms with E-state index in [-0.39, 0.29) is 18.4 Å². The van der Waals surface area contributed by atoms with Crippen LogP contribution in [-0.2, 0) is 27.9 Å². The third-order valence-corrected chi connectivity index (χ3v) is 17.9. The number of rotatable bonds is 32. The molecule has 0 aromatic rings. The van der Waals surface area contributed by atoms with Crippen molar-refractivity contribution >= 4 is 19.6 Å². The van der Waals surface area contributed by atoms with Crippen LogP contribution in [0.25, 0.3) is 0 Å². The summed E-state index contributed by atoms with van der Waals surface area (Å²) in [5.41, 5.74) is -1.22. The number of hydrogen-bond donors (Lipinski definition) is 3. The number of carboxylic acids is 1. The molecule has 0 radical (unpaired) electrons. The number of aliphatic hydroxyl groups is 1. The van der Waals surface area contributed by atoms with E-state index >= 15 is 0 Å². The maximum atomic E-state index is 14.3. The van der Waals surface area contributed by atoms with Gasteiger partial charge < -0.3 is 24.3 Å². The van der Waals surface area contributed by atoms with Crippen molar-refractivity contribution in [3.05, 3.63) is 23.8 Å². The largest absolute Gasteiger partial charge is 0.479 e. The zero-order chi connectivity index (χ0) is 47.9. The number of ether oxygens (including phenoxy) is 1. The second-order valence-corrected chi connectivity index (χ2v) is 24.5. The van der Waals surface area contributed by atoms with E-state index in [0.29, 0.717) is 54.0 Å². The molecular formula is C54H97NO9P+. The molecule has 3 N–H and O–H groups in total. The summed E-state index contributed by atoms with van der Waals surface area (Å²) in [5, 5.41) is 21.8. The van der Waals surface area contributed by atoms with Gasteiger partial charge in [-0.25, -0.2) is 9.36 Å². The van der Waals surface area contributed by atoms with Crippen LogP contribution in [0.3, 0.4) is 0 Å². The lowest BCUT2D eigenvalue weighted by atomic mass is 9.47. The summed E-state index contributed by atoms with van der Waals surface area (Å²) in [6.07, 6.45) is 30.7. The number of hydrogen-bond acceptors (Lipinski definition) is 7. The van der Waals surface area contributed by atoms with Gasteiger partial charge in [-0.05, 0) is 130 Å². The number of quaternary nitrogens is 1. The Bertz CT molecular complexity index is 1570. The lowest BCUT2D eigenvalue weighted by Gasteiger charge is -2.58. The Morgan fingerprint density at radius 3 is 2.14 bits per heavy atom. The van der Waals surface area contributed by atoms with Crippen LogP contribution >= 0.6 is 7.82 Å². The highest BCUT2D eigenvalue weighted by Crippen LogP contribution is 2.67. The molecule has 0 heterocycles. The fourth-order valence-corrected chi connectivity index (χ4v) is 14.1. The highest BCUT2D eigenvalue weighted by molar-refractivity contribution is 7.47. The number of aliphatic carboxylic acids is 1. The molecule has 0 aromatic heterocycles. The fraction of sp³-hybridized carbons (Fsp3) is 0.889. The number of phosphoric acid groups is 1. The quantitative estimate of drug-likeness (QED) is 0.0198. The molecule has 11 heteroatoms. The van der Waals surface area contributed by atoms with Crippen molar-refractivity contribution in [2.24, 2.45) is 46.3 Å². The molecule has 65 heavy (non-hydrogen) atoms. The van der Waals surface area contributed by atoms with Crippen LogP contribution in [0.5, 0.6) is 0 Å². The SMILES string of the molecule is CCCCCCCC/C=C\CCCCCCCC(=O)C(OP(=O)(O)OCC[N+](C)(C)C)(C(=O)O)[C@H](CO)OC1CC[C@@]2(C)C(=CCC3C2CC[C@@]2(C)C3CC[C@@H]2[C@H](C)CCCC(C)C)C1. The molecule has 4 aliphatic rings. The van der Waals surface area contributed by atoms with Gasteiger partial charge in [0.2, 0.25) is 0 Å². The fourth-order valence-electron chi connectivity index (χ4n) is 13.0. The van der Waals surface area contributed by atoms with Crippen LogP contribution in [-0.4, -0.2) is 90.1 Å². The molecule has 376 valence electrons. The van der Waals surface area contributed by atoms with E-state index in [1.807, 2.05) is 21.1 Å². The number of carbonyl (C=O) groups is 2. The van der Waals surface area contributed by atoms with E-state index in [1.54, 1.807) is 0 Å². The molecule has 0 saturated heterocycles. The van der Waals surface area contributed by atoms with Gasteiger partial charge >= 0.3 is 13.8 Å². The summed E-state index contributed by atoms with van der Waals surface area (Å²) in [5.74, 6) is 1.59. The number of nitrogens with zero attached hydrogens (tertiary/aromatic N) is 1. The lowest BCUT2D eigenvalue weighted by Crippen LogP contribution is -2.60. The summed E-state index contributed by atoms with van der Waals surface area (Å²) >= 11 is 0. The summed E-state index contributed by atoms with van der Waals surface area (Å²) in [4.78, 5) is 38.7. The molecule has 0 aliphatic heterocycles. The standard InChI is InChI=1S/C54H96NO9P/c1-10-11-12-13-14-15-16-17-18-19-20-21-22-23-24-28-49(57)54(51(58)59,64-65(60,61)62-38-37-55(7,8)9)50(40-56)63-44-33-35-52(5)43(39-44)29-30-45-47-32-31-46(42(4)27-25-26-41(2)3)53(47,6)36-34-48(45)52/h17-18,29,41-42,44-48,50,56H,10-16,19-28,30-40H2,1-9H3,(H-,58,59,60,61)/p+1/b18-17-/t42-,44?,45?,46-,47?,48?,50+,52+,53-,54?/m1/s1. The zero-order valence-corrected chi connectivity index (χ0v) is 43.7. The predicted molar refractivity (Wildman–Crippen MR) is 263 cm³/mol. The predicted octanol–water partition coefficient (Wildman–Crippen LogP) is 13.0. The number of phosphoric ester groups is 1. The zero-order valence-electron chi connectivity index (χ0n) is 42.8. The number of aliphatic hydroxyl groups excluding tert-OH is 1. The summed E-state index contributed by atoms with van der Waals surface area (Å²) in [6.45, 7) is 13.7. The number of allylic oxidation sites excluding steroid dienone is 3. The monoisotopic (exact) mass is 935 g/mol. The average Bonchev–Trinajstić information content (AvgIpc) is 3.59. The first-order chi connectivity index (χ1) is 30.7. The molecule has 0 bridgehead atoms. The van der Waals surface area contributed by atoms with E-state index in [4.69, 9.17) is 13.8 Å². The Labute approximate surface area is 396 Å². The van der Waals surface area contributed by atoms with E-state index < -0.39 is 44.0 Å². The number of ketones is 1. The van der Waals surface area contributed by atoms with Gasteiger partial charge in [-0.15, -0.1) is 0 Å². The smallest absolute Gasteiger partial charge is 0.474 e. The third kappa shape index (κ3) is 15.6. The Balaban J connectivity index is 1.41. The number of carboxylic acid groups (broad SMARTS) is 1. The van der Waals surface area contributed by atoms with Crippen LogP contribution < -0.4 is 0 Å². The van der Waals surface area contributed by atoms with Crippen molar-refractivity contribution in [3.63, 3.8) is 0 Å². The molecule has 3 saturated carbocycles. The minimum absolute atomic E-state index is 0.0000347. The van der Waals surface area contributed by atoms with Crippen molar-refractivity contribution in [1.29, 1.82) is 0 Å². The van der Waals surface area contributed by atoms with Crippen molar-refractivity contribution in [2.45, 2.75) is 220 Å². The molecule has 10 nitrogen and oxygen atoms in total. The van der Waals surface area contributed by atoms with Gasteiger partial charge in [0.15, 0.2) is 5.78 Å². The highest BCUT2D eigenvalue weighted by Gasteiger charge is 2.61. The van der Waals surface area contributed by atoms with E-state index in [2.05, 4.69) is 59.8 Å². The van der Waals surface area contributed by atoms with Gasteiger partial charge in [0.05, 0.1) is 33.9 Å². The van der Waals surface area contributed by atoms with Crippen molar-refractivity contribution in [2.75, 3.05) is 40.9 Å². The Morgan fingerprint density at radius 2 is 1.52 bits per heavy atom. The minimum Gasteiger partial charge on any atom is -0.479 e. The van der Waals surface area contributed by atoms with Gasteiger partial charge in [-0.3, -0.25) is 13.8 Å². The Hall–Kier alpha value is -1.39. The topological polar surface area (TPSA) is 140 Å². The maximum Gasteiger partial charge on any atom is 0.474 e. The molecule has 4 rings (SSSR count). The number of unbranched alkanes of at least 4 members (excludes halogenated alkanes) is 11. The van der Waals surface area contributed by atoms with Crippen LogP contribution in [0.2, 0.25) is 0 Å². The second kappa shape index (κ2) is 26.0. The van der Waals surface area contributed by atoms with E-state index in [9.17, 15) is 29.3 Å². The normalized spacial score (nSPS) is 29.7. The molecule has 3 fully saturated rings. The average molecular weight is 935 g/mol. The molecule has 0 spiro atoms. The van der Waals surface area contributed by atoms with Gasteiger partial charge in [-0.2, -0.15) is 0 Å². The second-order valence-electron chi connectivity index (χ2n) is 23.2. The molecule has 0 amide bonds. The number of carbonyl (C=O) groups excluding carboxylic acids is 1. The molecule has 11 atom stereocenters. The van der Waals surface area contributed by atoms with Crippen molar-refractivity contribution in [1.82, 2.24) is 0 Å². The van der Waals surface area contributed by atoms with Crippen molar-refractivity contribution < 1.29 is 47.5 Å². The minimum atomic E-state index is -5.11. The van der Waals surface area contributed by atoms with Crippen LogP contribution in [0, 0.1) is 46.3 Å². The maximum absolute atomic E-state index is 14.3. The number of likely N-dealkylation sites (N-methyl/N-ethyl adjacent to an activating group) is 1. The first kappa shape index (κ1) is 56.2. The Morgan fingerprint density at radius 1 is 0.877 bits per heavy atom. The first-order valence-electron chi connectivity index (χ1n) is 26.6. The molecular weight excluding hydrogens is 838 g/mol. The first-order valence-corrected chi connectivity index (χ1v) is 28.1. The summed E-state index contributed by atoms with van der Waals surface area (Å²) < 4.78 is 31.4. The Kier molecular flexibility index (Phi) is 22.5. The molecule has 4 aliphatic carbocycles. The third-order valence-electron chi connectivity index (χ3n) is 16.9. The molecule has 0 aromatic carbocycles. The van der Waals surface area contributed by atoms with Crippen LogP contribution in [0.15, 0.2) is 23.8 Å². The molecule has 6 unspecified atom stereocenters. The van der Waals surface area contributed by atoms with Gasteiger partial charge in [0.1, 0.15) is 19.3 Å².